The maximum absolute atomic E-state index is 12.3. The van der Waals surface area contributed by atoms with E-state index >= 15 is 0 Å². The number of aliphatic carboxylic acids is 1. The van der Waals surface area contributed by atoms with Crippen LogP contribution in [-0.4, -0.2) is 60.0 Å². The fourth-order valence-electron chi connectivity index (χ4n) is 2.33. The molecule has 0 aromatic carbocycles. The highest BCUT2D eigenvalue weighted by Crippen LogP contribution is 2.18. The molecule has 1 aromatic rings. The number of carboxylic acid groups (broad SMARTS) is 1. The first-order valence-electron chi connectivity index (χ1n) is 7.03. The van der Waals surface area contributed by atoms with Gasteiger partial charge in [-0.25, -0.2) is 4.79 Å². The van der Waals surface area contributed by atoms with Crippen molar-refractivity contribution in [2.45, 2.75) is 12.8 Å². The topological polar surface area (TPSA) is 60.9 Å². The van der Waals surface area contributed by atoms with Crippen molar-refractivity contribution in [1.29, 1.82) is 0 Å². The number of likely N-dealkylation sites (N-methyl/N-ethyl adjacent to an activating group) is 1. The van der Waals surface area contributed by atoms with E-state index in [1.165, 1.54) is 30.3 Å². The van der Waals surface area contributed by atoms with Crippen molar-refractivity contribution in [2.75, 3.05) is 33.2 Å². The van der Waals surface area contributed by atoms with Gasteiger partial charge in [0, 0.05) is 36.5 Å². The molecule has 0 unspecified atom stereocenters. The molecule has 1 amide bonds. The quantitative estimate of drug-likeness (QED) is 0.817. The van der Waals surface area contributed by atoms with Gasteiger partial charge in [0.15, 0.2) is 0 Å². The Kier molecular flexibility index (Phi) is 5.52. The van der Waals surface area contributed by atoms with Crippen molar-refractivity contribution in [2.24, 2.45) is 0 Å². The standard InChI is InChI=1S/C15H20N2O3S/c1-16(8-9-17-6-2-3-7-17)15(20)12-10-13(21-11-12)4-5-14(18)19/h4-5,10-11H,2-3,6-9H2,1H3,(H,18,19). The lowest BCUT2D eigenvalue weighted by Gasteiger charge is -2.21. The van der Waals surface area contributed by atoms with Gasteiger partial charge in [0.05, 0.1) is 5.56 Å². The largest absolute Gasteiger partial charge is 0.478 e. The van der Waals surface area contributed by atoms with Crippen LogP contribution >= 0.6 is 11.3 Å². The summed E-state index contributed by atoms with van der Waals surface area (Å²) in [6, 6.07) is 1.73. The van der Waals surface area contributed by atoms with Crippen molar-refractivity contribution in [1.82, 2.24) is 9.80 Å². The van der Waals surface area contributed by atoms with Crippen LogP contribution in [0.5, 0.6) is 0 Å². The van der Waals surface area contributed by atoms with Gasteiger partial charge in [0.25, 0.3) is 5.91 Å². The molecule has 1 aromatic heterocycles. The molecule has 0 aliphatic carbocycles. The van der Waals surface area contributed by atoms with Crippen LogP contribution in [0, 0.1) is 0 Å². The third-order valence-electron chi connectivity index (χ3n) is 3.55. The summed E-state index contributed by atoms with van der Waals surface area (Å²) >= 11 is 1.37. The smallest absolute Gasteiger partial charge is 0.328 e. The second kappa shape index (κ2) is 7.38. The van der Waals surface area contributed by atoms with Crippen LogP contribution in [-0.2, 0) is 4.79 Å². The molecule has 0 saturated carbocycles. The number of hydrogen-bond acceptors (Lipinski definition) is 4. The van der Waals surface area contributed by atoms with Crippen LogP contribution < -0.4 is 0 Å². The average Bonchev–Trinajstić information content (AvgIpc) is 3.12. The number of carbonyl (C=O) groups excluding carboxylic acids is 1. The molecular weight excluding hydrogens is 288 g/mol. The monoisotopic (exact) mass is 308 g/mol. The summed E-state index contributed by atoms with van der Waals surface area (Å²) < 4.78 is 0. The maximum Gasteiger partial charge on any atom is 0.328 e. The van der Waals surface area contributed by atoms with E-state index in [4.69, 9.17) is 5.11 Å². The molecule has 0 atom stereocenters. The maximum atomic E-state index is 12.3. The van der Waals surface area contributed by atoms with Crippen LogP contribution in [0.3, 0.4) is 0 Å². The highest BCUT2D eigenvalue weighted by Gasteiger charge is 2.16. The lowest BCUT2D eigenvalue weighted by Crippen LogP contribution is -2.35. The predicted octanol–water partition coefficient (Wildman–Crippen LogP) is 2.01. The van der Waals surface area contributed by atoms with Gasteiger partial charge in [-0.1, -0.05) is 0 Å². The van der Waals surface area contributed by atoms with Crippen LogP contribution in [0.15, 0.2) is 17.5 Å². The Morgan fingerprint density at radius 2 is 2.14 bits per heavy atom. The number of rotatable bonds is 6. The molecule has 2 rings (SSSR count). The fourth-order valence-corrected chi connectivity index (χ4v) is 3.10. The third-order valence-corrected chi connectivity index (χ3v) is 4.45. The molecular formula is C15H20N2O3S. The summed E-state index contributed by atoms with van der Waals surface area (Å²) in [4.78, 5) is 27.6. The Bertz CT molecular complexity index is 533. The Balaban J connectivity index is 1.87. The van der Waals surface area contributed by atoms with E-state index in [-0.39, 0.29) is 5.91 Å². The van der Waals surface area contributed by atoms with Gasteiger partial charge in [-0.3, -0.25) is 4.79 Å². The molecule has 0 spiro atoms. The van der Waals surface area contributed by atoms with Crippen LogP contribution in [0.2, 0.25) is 0 Å². The number of thiophene rings is 1. The molecule has 1 fully saturated rings. The number of nitrogens with zero attached hydrogens (tertiary/aromatic N) is 2. The molecule has 1 saturated heterocycles. The average molecular weight is 308 g/mol. The molecule has 1 N–H and O–H groups in total. The van der Waals surface area contributed by atoms with Gasteiger partial charge in [-0.15, -0.1) is 11.3 Å². The van der Waals surface area contributed by atoms with Crippen molar-refractivity contribution < 1.29 is 14.7 Å². The zero-order valence-electron chi connectivity index (χ0n) is 12.1. The minimum absolute atomic E-state index is 0.0135. The number of carboxylic acids is 1. The summed E-state index contributed by atoms with van der Waals surface area (Å²) in [7, 11) is 1.81. The first-order valence-corrected chi connectivity index (χ1v) is 7.91. The zero-order valence-corrected chi connectivity index (χ0v) is 12.9. The molecule has 1 aliphatic rings. The van der Waals surface area contributed by atoms with E-state index in [9.17, 15) is 9.59 Å². The fraction of sp³-hybridized carbons (Fsp3) is 0.467. The molecule has 0 bridgehead atoms. The van der Waals surface area contributed by atoms with E-state index in [0.29, 0.717) is 5.56 Å². The first-order chi connectivity index (χ1) is 10.1. The second-order valence-electron chi connectivity index (χ2n) is 5.18. The van der Waals surface area contributed by atoms with Crippen LogP contribution in [0.25, 0.3) is 6.08 Å². The zero-order chi connectivity index (χ0) is 15.2. The number of hydrogen-bond donors (Lipinski definition) is 1. The Hall–Kier alpha value is -1.66. The molecule has 6 heteroatoms. The summed E-state index contributed by atoms with van der Waals surface area (Å²) in [6.07, 6.45) is 5.09. The Labute approximate surface area is 128 Å². The second-order valence-corrected chi connectivity index (χ2v) is 6.13. The summed E-state index contributed by atoms with van der Waals surface area (Å²) in [5, 5.41) is 10.4. The van der Waals surface area contributed by atoms with Gasteiger partial charge in [-0.05, 0) is 38.1 Å². The molecule has 114 valence electrons. The predicted molar refractivity (Wildman–Crippen MR) is 83.6 cm³/mol. The van der Waals surface area contributed by atoms with Gasteiger partial charge in [0.2, 0.25) is 0 Å². The molecule has 21 heavy (non-hydrogen) atoms. The number of carbonyl (C=O) groups is 2. The molecule has 1 aliphatic heterocycles. The molecule has 2 heterocycles. The van der Waals surface area contributed by atoms with Crippen molar-refractivity contribution in [3.8, 4) is 0 Å². The number of likely N-dealkylation sites (tertiary alicyclic amines) is 1. The minimum atomic E-state index is -0.987. The Morgan fingerprint density at radius 3 is 2.81 bits per heavy atom. The van der Waals surface area contributed by atoms with Crippen molar-refractivity contribution in [3.05, 3.63) is 28.0 Å². The summed E-state index contributed by atoms with van der Waals surface area (Å²) in [6.45, 7) is 3.89. The molecule has 5 nitrogen and oxygen atoms in total. The number of amides is 1. The minimum Gasteiger partial charge on any atom is -0.478 e. The SMILES string of the molecule is CN(CCN1CCCC1)C(=O)c1csc(C=CC(=O)O)c1. The van der Waals surface area contributed by atoms with E-state index in [1.54, 1.807) is 16.3 Å². The third kappa shape index (κ3) is 4.68. The lowest BCUT2D eigenvalue weighted by molar-refractivity contribution is -0.131. The lowest BCUT2D eigenvalue weighted by atomic mass is 10.2. The highest BCUT2D eigenvalue weighted by atomic mass is 32.1. The normalized spacial score (nSPS) is 15.7. The van der Waals surface area contributed by atoms with Gasteiger partial charge in [0.1, 0.15) is 0 Å². The van der Waals surface area contributed by atoms with E-state index < -0.39 is 5.97 Å². The van der Waals surface area contributed by atoms with E-state index in [1.807, 2.05) is 7.05 Å². The van der Waals surface area contributed by atoms with Crippen molar-refractivity contribution in [3.63, 3.8) is 0 Å². The molecule has 0 radical (unpaired) electrons. The highest BCUT2D eigenvalue weighted by molar-refractivity contribution is 7.11. The van der Waals surface area contributed by atoms with Crippen LogP contribution in [0.4, 0.5) is 0 Å². The first kappa shape index (κ1) is 15.7. The summed E-state index contributed by atoms with van der Waals surface area (Å²) in [5.74, 6) is -1.00. The van der Waals surface area contributed by atoms with Gasteiger partial charge >= 0.3 is 5.97 Å². The summed E-state index contributed by atoms with van der Waals surface area (Å²) in [5.41, 5.74) is 0.619. The van der Waals surface area contributed by atoms with E-state index in [0.717, 1.165) is 37.1 Å². The van der Waals surface area contributed by atoms with E-state index in [2.05, 4.69) is 4.90 Å². The Morgan fingerprint density at radius 1 is 1.43 bits per heavy atom. The van der Waals surface area contributed by atoms with Crippen molar-refractivity contribution >= 4 is 29.3 Å². The van der Waals surface area contributed by atoms with Gasteiger partial charge < -0.3 is 14.9 Å². The van der Waals surface area contributed by atoms with Gasteiger partial charge in [-0.2, -0.15) is 0 Å². The van der Waals surface area contributed by atoms with Crippen LogP contribution in [0.1, 0.15) is 28.1 Å².